The van der Waals surface area contributed by atoms with Gasteiger partial charge in [0.15, 0.2) is 0 Å². The van der Waals surface area contributed by atoms with Crippen LogP contribution in [0.25, 0.3) is 20.8 Å². The van der Waals surface area contributed by atoms with Gasteiger partial charge in [0.2, 0.25) is 0 Å². The molecule has 1 aromatic carbocycles. The van der Waals surface area contributed by atoms with Crippen molar-refractivity contribution in [3.63, 3.8) is 0 Å². The Balaban J connectivity index is 2.21. The van der Waals surface area contributed by atoms with Gasteiger partial charge in [-0.05, 0) is 18.2 Å². The van der Waals surface area contributed by atoms with E-state index in [0.29, 0.717) is 10.8 Å². The van der Waals surface area contributed by atoms with Crippen LogP contribution < -0.4 is 5.73 Å². The van der Waals surface area contributed by atoms with Crippen molar-refractivity contribution in [1.29, 1.82) is 0 Å². The summed E-state index contributed by atoms with van der Waals surface area (Å²) in [5, 5.41) is 5.70. The minimum Gasteiger partial charge on any atom is -0.383 e. The molecule has 0 aliphatic carbocycles. The van der Waals surface area contributed by atoms with E-state index in [1.54, 1.807) is 22.2 Å². The third kappa shape index (κ3) is 1.67. The van der Waals surface area contributed by atoms with Gasteiger partial charge in [0.1, 0.15) is 10.8 Å². The zero-order valence-electron chi connectivity index (χ0n) is 9.01. The number of halogens is 1. The lowest BCUT2D eigenvalue weighted by molar-refractivity contribution is 0.779. The molecule has 6 heteroatoms. The van der Waals surface area contributed by atoms with Crippen molar-refractivity contribution in [3.8, 4) is 10.6 Å². The molecule has 0 bridgehead atoms. The predicted molar refractivity (Wildman–Crippen MR) is 71.2 cm³/mol. The number of anilines is 1. The summed E-state index contributed by atoms with van der Waals surface area (Å²) >= 11 is 7.51. The van der Waals surface area contributed by atoms with Crippen LogP contribution in [0, 0.1) is 0 Å². The van der Waals surface area contributed by atoms with Gasteiger partial charge in [-0.15, -0.1) is 11.3 Å². The molecule has 0 spiro atoms. The van der Waals surface area contributed by atoms with Gasteiger partial charge in [0.05, 0.1) is 22.0 Å². The second-order valence-corrected chi connectivity index (χ2v) is 5.17. The Bertz CT molecular complexity index is 701. The van der Waals surface area contributed by atoms with Gasteiger partial charge in [-0.25, -0.2) is 4.98 Å². The van der Waals surface area contributed by atoms with Crippen LogP contribution in [0.2, 0.25) is 5.02 Å². The molecule has 2 heterocycles. The second-order valence-electron chi connectivity index (χ2n) is 3.70. The topological polar surface area (TPSA) is 56.7 Å². The lowest BCUT2D eigenvalue weighted by atomic mass is 10.3. The summed E-state index contributed by atoms with van der Waals surface area (Å²) in [5.74, 6) is 0.621. The van der Waals surface area contributed by atoms with Gasteiger partial charge < -0.3 is 5.73 Å². The van der Waals surface area contributed by atoms with E-state index in [9.17, 15) is 0 Å². The maximum Gasteiger partial charge on any atom is 0.131 e. The number of thiazole rings is 1. The Morgan fingerprint density at radius 1 is 1.41 bits per heavy atom. The number of benzene rings is 1. The molecule has 0 saturated heterocycles. The lowest BCUT2D eigenvalue weighted by Crippen LogP contribution is -1.97. The van der Waals surface area contributed by atoms with Crippen molar-refractivity contribution >= 4 is 39.0 Å². The van der Waals surface area contributed by atoms with Crippen molar-refractivity contribution in [1.82, 2.24) is 14.8 Å². The van der Waals surface area contributed by atoms with Crippen LogP contribution in [0.5, 0.6) is 0 Å². The Labute approximate surface area is 107 Å². The number of nitrogens with two attached hydrogens (primary N) is 1. The molecular weight excluding hydrogens is 256 g/mol. The standard InChI is InChI=1S/C11H9ClN4S/c1-16-10(13)7(5-14-16)11-15-8-3-2-6(12)4-9(8)17-11/h2-5H,13H2,1H3. The van der Waals surface area contributed by atoms with Gasteiger partial charge in [-0.3, -0.25) is 4.68 Å². The monoisotopic (exact) mass is 264 g/mol. The number of aromatic nitrogens is 3. The van der Waals surface area contributed by atoms with Gasteiger partial charge >= 0.3 is 0 Å². The highest BCUT2D eigenvalue weighted by atomic mass is 35.5. The number of fused-ring (bicyclic) bond motifs is 1. The number of hydrogen-bond donors (Lipinski definition) is 1. The van der Waals surface area contributed by atoms with E-state index in [4.69, 9.17) is 17.3 Å². The summed E-state index contributed by atoms with van der Waals surface area (Å²) in [6.45, 7) is 0. The van der Waals surface area contributed by atoms with Gasteiger partial charge in [0, 0.05) is 12.1 Å². The zero-order valence-corrected chi connectivity index (χ0v) is 10.6. The fourth-order valence-corrected chi connectivity index (χ4v) is 2.89. The minimum atomic E-state index is 0.621. The first-order chi connectivity index (χ1) is 8.15. The van der Waals surface area contributed by atoms with E-state index in [0.717, 1.165) is 20.8 Å². The Morgan fingerprint density at radius 3 is 2.94 bits per heavy atom. The van der Waals surface area contributed by atoms with Crippen LogP contribution in [0.15, 0.2) is 24.4 Å². The van der Waals surface area contributed by atoms with E-state index in [1.165, 1.54) is 0 Å². The fraction of sp³-hybridized carbons (Fsp3) is 0.0909. The highest BCUT2D eigenvalue weighted by molar-refractivity contribution is 7.21. The Morgan fingerprint density at radius 2 is 2.24 bits per heavy atom. The number of rotatable bonds is 1. The molecule has 2 aromatic heterocycles. The van der Waals surface area contributed by atoms with E-state index < -0.39 is 0 Å². The molecule has 0 amide bonds. The third-order valence-corrected chi connectivity index (χ3v) is 3.85. The number of nitrogen functional groups attached to an aromatic ring is 1. The largest absolute Gasteiger partial charge is 0.383 e. The number of hydrogen-bond acceptors (Lipinski definition) is 4. The lowest BCUT2D eigenvalue weighted by Gasteiger charge is -1.94. The van der Waals surface area contributed by atoms with Crippen LogP contribution in [-0.2, 0) is 7.05 Å². The molecule has 0 aliphatic rings. The summed E-state index contributed by atoms with van der Waals surface area (Å²) < 4.78 is 2.68. The van der Waals surface area contributed by atoms with Crippen molar-refractivity contribution in [2.45, 2.75) is 0 Å². The van der Waals surface area contributed by atoms with Crippen LogP contribution in [0.3, 0.4) is 0 Å². The molecule has 3 aromatic rings. The normalized spacial score (nSPS) is 11.2. The van der Waals surface area contributed by atoms with Crippen LogP contribution in [0.1, 0.15) is 0 Å². The summed E-state index contributed by atoms with van der Waals surface area (Å²) in [6.07, 6.45) is 1.73. The molecule has 2 N–H and O–H groups in total. The molecule has 0 atom stereocenters. The highest BCUT2D eigenvalue weighted by Crippen LogP contribution is 2.33. The molecule has 0 saturated carbocycles. The van der Waals surface area contributed by atoms with Crippen LogP contribution in [-0.4, -0.2) is 14.8 Å². The Hall–Kier alpha value is -1.59. The summed E-state index contributed by atoms with van der Waals surface area (Å²) in [6, 6.07) is 5.65. The predicted octanol–water partition coefficient (Wildman–Crippen LogP) is 2.93. The van der Waals surface area contributed by atoms with Gasteiger partial charge in [-0.1, -0.05) is 11.6 Å². The average molecular weight is 265 g/mol. The molecule has 0 aliphatic heterocycles. The average Bonchev–Trinajstić information content (AvgIpc) is 2.83. The molecule has 3 rings (SSSR count). The SMILES string of the molecule is Cn1ncc(-c2nc3ccc(Cl)cc3s2)c1N. The van der Waals surface area contributed by atoms with Crippen molar-refractivity contribution in [3.05, 3.63) is 29.4 Å². The quantitative estimate of drug-likeness (QED) is 0.735. The Kier molecular flexibility index (Phi) is 2.31. The molecule has 0 radical (unpaired) electrons. The molecule has 17 heavy (non-hydrogen) atoms. The molecule has 0 fully saturated rings. The van der Waals surface area contributed by atoms with E-state index in [2.05, 4.69) is 10.1 Å². The van der Waals surface area contributed by atoms with Gasteiger partial charge in [0.25, 0.3) is 0 Å². The number of nitrogens with zero attached hydrogens (tertiary/aromatic N) is 3. The molecule has 0 unspecified atom stereocenters. The first-order valence-electron chi connectivity index (χ1n) is 4.99. The zero-order chi connectivity index (χ0) is 12.0. The smallest absolute Gasteiger partial charge is 0.131 e. The van der Waals surface area contributed by atoms with Crippen LogP contribution in [0.4, 0.5) is 5.82 Å². The van der Waals surface area contributed by atoms with Crippen molar-refractivity contribution in [2.75, 3.05) is 5.73 Å². The van der Waals surface area contributed by atoms with Crippen LogP contribution >= 0.6 is 22.9 Å². The maximum atomic E-state index is 5.95. The first kappa shape index (κ1) is 10.6. The van der Waals surface area contributed by atoms with E-state index >= 15 is 0 Å². The summed E-state index contributed by atoms with van der Waals surface area (Å²) in [4.78, 5) is 4.52. The fourth-order valence-electron chi connectivity index (χ4n) is 1.63. The molecule has 86 valence electrons. The van der Waals surface area contributed by atoms with Crippen molar-refractivity contribution < 1.29 is 0 Å². The first-order valence-corrected chi connectivity index (χ1v) is 6.18. The minimum absolute atomic E-state index is 0.621. The summed E-state index contributed by atoms with van der Waals surface area (Å²) in [5.41, 5.74) is 7.72. The second kappa shape index (κ2) is 3.72. The van der Waals surface area contributed by atoms with Crippen molar-refractivity contribution in [2.24, 2.45) is 7.05 Å². The van der Waals surface area contributed by atoms with E-state index in [-0.39, 0.29) is 0 Å². The third-order valence-electron chi connectivity index (χ3n) is 2.57. The van der Waals surface area contributed by atoms with Gasteiger partial charge in [-0.2, -0.15) is 5.10 Å². The molecular formula is C11H9ClN4S. The van der Waals surface area contributed by atoms with E-state index in [1.807, 2.05) is 25.2 Å². The maximum absolute atomic E-state index is 5.95. The molecule has 4 nitrogen and oxygen atoms in total. The summed E-state index contributed by atoms with van der Waals surface area (Å²) in [7, 11) is 1.81. The number of aryl methyl sites for hydroxylation is 1. The highest BCUT2D eigenvalue weighted by Gasteiger charge is 2.12.